The second-order valence-corrected chi connectivity index (χ2v) is 4.52. The zero-order chi connectivity index (χ0) is 10.1. The molecule has 0 bridgehead atoms. The number of carboxylic acid groups (broad SMARTS) is 1. The average Bonchev–Trinajstić information content (AvgIpc) is 2.18. The van der Waals surface area contributed by atoms with Crippen LogP contribution in [0, 0.1) is 0 Å². The highest BCUT2D eigenvalue weighted by molar-refractivity contribution is 8.03. The van der Waals surface area contributed by atoms with Crippen molar-refractivity contribution in [1.82, 2.24) is 0 Å². The summed E-state index contributed by atoms with van der Waals surface area (Å²) in [6.07, 6.45) is 3.35. The molecule has 2 rings (SSSR count). The van der Waals surface area contributed by atoms with Crippen LogP contribution in [0.5, 0.6) is 0 Å². The van der Waals surface area contributed by atoms with E-state index in [9.17, 15) is 9.59 Å². The first-order valence-corrected chi connectivity index (χ1v) is 5.50. The Morgan fingerprint density at radius 3 is 2.86 bits per heavy atom. The number of aliphatic carboxylic acids is 1. The van der Waals surface area contributed by atoms with Gasteiger partial charge in [0.1, 0.15) is 0 Å². The van der Waals surface area contributed by atoms with E-state index < -0.39 is 5.97 Å². The summed E-state index contributed by atoms with van der Waals surface area (Å²) in [7, 11) is 0. The predicted octanol–water partition coefficient (Wildman–Crippen LogP) is 1.75. The van der Waals surface area contributed by atoms with Gasteiger partial charge in [-0.25, -0.2) is 4.79 Å². The molecule has 0 aromatic carbocycles. The zero-order valence-electron chi connectivity index (χ0n) is 7.58. The molecule has 0 aromatic heterocycles. The van der Waals surface area contributed by atoms with Gasteiger partial charge in [0, 0.05) is 23.3 Å². The maximum Gasteiger partial charge on any atom is 0.331 e. The molecule has 2 aliphatic rings. The first-order valence-electron chi connectivity index (χ1n) is 4.51. The van der Waals surface area contributed by atoms with Crippen LogP contribution in [0.4, 0.5) is 0 Å². The Labute approximate surface area is 85.9 Å². The lowest BCUT2D eigenvalue weighted by Gasteiger charge is -2.21. The Kier molecular flexibility index (Phi) is 2.46. The van der Waals surface area contributed by atoms with E-state index in [1.165, 1.54) is 0 Å². The van der Waals surface area contributed by atoms with Gasteiger partial charge in [0.2, 0.25) is 0 Å². The van der Waals surface area contributed by atoms with E-state index in [0.29, 0.717) is 30.4 Å². The number of hydrogen-bond acceptors (Lipinski definition) is 3. The maximum absolute atomic E-state index is 11.5. The monoisotopic (exact) mass is 210 g/mol. The normalized spacial score (nSPS) is 21.7. The molecule has 0 amide bonds. The quantitative estimate of drug-likeness (QED) is 0.716. The number of rotatable bonds is 1. The highest BCUT2D eigenvalue weighted by Crippen LogP contribution is 2.36. The fourth-order valence-corrected chi connectivity index (χ4v) is 2.77. The molecule has 0 aromatic rings. The maximum atomic E-state index is 11.5. The predicted molar refractivity (Wildman–Crippen MR) is 54.1 cm³/mol. The second kappa shape index (κ2) is 3.61. The Bertz CT molecular complexity index is 366. The molecular formula is C10H10O3S. The summed E-state index contributed by atoms with van der Waals surface area (Å²) in [5.41, 5.74) is 1.00. The Morgan fingerprint density at radius 1 is 1.36 bits per heavy atom. The molecule has 0 radical (unpaired) electrons. The van der Waals surface area contributed by atoms with Crippen molar-refractivity contribution < 1.29 is 14.7 Å². The topological polar surface area (TPSA) is 54.4 Å². The summed E-state index contributed by atoms with van der Waals surface area (Å²) in [5.74, 6) is 0.0330. The fourth-order valence-electron chi connectivity index (χ4n) is 1.67. The summed E-state index contributed by atoms with van der Waals surface area (Å²) >= 11 is 1.69. The van der Waals surface area contributed by atoms with Gasteiger partial charge in [-0.05, 0) is 23.8 Å². The van der Waals surface area contributed by atoms with E-state index >= 15 is 0 Å². The minimum atomic E-state index is -0.903. The van der Waals surface area contributed by atoms with Crippen LogP contribution in [-0.4, -0.2) is 22.6 Å². The molecule has 1 heterocycles. The van der Waals surface area contributed by atoms with Crippen molar-refractivity contribution in [1.29, 1.82) is 0 Å². The molecule has 0 unspecified atom stereocenters. The van der Waals surface area contributed by atoms with Crippen LogP contribution >= 0.6 is 11.8 Å². The summed E-state index contributed by atoms with van der Waals surface area (Å²) in [6.45, 7) is 0. The first-order chi connectivity index (χ1) is 6.68. The standard InChI is InChI=1S/C10H10O3S/c11-8-3-4-14-9-2-1-6(10(12)13)5-7(8)9/h5H,1-4H2,(H,12,13). The van der Waals surface area contributed by atoms with Crippen molar-refractivity contribution in [2.24, 2.45) is 0 Å². The van der Waals surface area contributed by atoms with E-state index in [1.807, 2.05) is 0 Å². The lowest BCUT2D eigenvalue weighted by molar-refractivity contribution is -0.132. The molecule has 1 aliphatic carbocycles. The van der Waals surface area contributed by atoms with E-state index in [1.54, 1.807) is 17.8 Å². The van der Waals surface area contributed by atoms with Gasteiger partial charge in [0.25, 0.3) is 0 Å². The van der Waals surface area contributed by atoms with E-state index in [-0.39, 0.29) is 5.78 Å². The van der Waals surface area contributed by atoms with Gasteiger partial charge in [-0.15, -0.1) is 11.8 Å². The molecule has 3 nitrogen and oxygen atoms in total. The van der Waals surface area contributed by atoms with E-state index in [0.717, 1.165) is 10.7 Å². The summed E-state index contributed by atoms with van der Waals surface area (Å²) in [6, 6.07) is 0. The molecule has 1 N–H and O–H groups in total. The number of carboxylic acids is 1. The number of ketones is 1. The lowest BCUT2D eigenvalue weighted by atomic mass is 9.95. The van der Waals surface area contributed by atoms with Crippen LogP contribution in [0.15, 0.2) is 22.1 Å². The Hall–Kier alpha value is -1.03. The van der Waals surface area contributed by atoms with Gasteiger partial charge < -0.3 is 5.11 Å². The molecular weight excluding hydrogens is 200 g/mol. The van der Waals surface area contributed by atoms with Crippen LogP contribution in [0.25, 0.3) is 0 Å². The molecule has 0 saturated heterocycles. The van der Waals surface area contributed by atoms with Crippen molar-refractivity contribution in [3.8, 4) is 0 Å². The summed E-state index contributed by atoms with van der Waals surface area (Å²) in [5, 5.41) is 8.81. The lowest BCUT2D eigenvalue weighted by Crippen LogP contribution is -2.15. The van der Waals surface area contributed by atoms with Gasteiger partial charge in [-0.2, -0.15) is 0 Å². The van der Waals surface area contributed by atoms with Gasteiger partial charge in [-0.3, -0.25) is 4.79 Å². The van der Waals surface area contributed by atoms with Crippen molar-refractivity contribution >= 4 is 23.5 Å². The van der Waals surface area contributed by atoms with Crippen molar-refractivity contribution in [3.05, 3.63) is 22.1 Å². The highest BCUT2D eigenvalue weighted by atomic mass is 32.2. The van der Waals surface area contributed by atoms with E-state index in [2.05, 4.69) is 0 Å². The number of carbonyl (C=O) groups excluding carboxylic acids is 1. The first kappa shape index (κ1) is 9.52. The molecule has 14 heavy (non-hydrogen) atoms. The largest absolute Gasteiger partial charge is 0.478 e. The fraction of sp³-hybridized carbons (Fsp3) is 0.400. The Morgan fingerprint density at radius 2 is 2.14 bits per heavy atom. The van der Waals surface area contributed by atoms with Crippen LogP contribution in [0.1, 0.15) is 19.3 Å². The molecule has 1 aliphatic heterocycles. The SMILES string of the molecule is O=C(O)C1=CC2=C(CC1)SCCC2=O. The summed E-state index contributed by atoms with van der Waals surface area (Å²) in [4.78, 5) is 23.3. The number of thioether (sulfide) groups is 1. The molecule has 0 saturated carbocycles. The second-order valence-electron chi connectivity index (χ2n) is 3.33. The smallest absolute Gasteiger partial charge is 0.331 e. The van der Waals surface area contributed by atoms with Crippen molar-refractivity contribution in [3.63, 3.8) is 0 Å². The number of allylic oxidation sites excluding steroid dienone is 3. The van der Waals surface area contributed by atoms with Crippen LogP contribution in [0.2, 0.25) is 0 Å². The number of Topliss-reactive ketones (excluding diaryl/α,β-unsaturated/α-hetero) is 1. The minimum Gasteiger partial charge on any atom is -0.478 e. The van der Waals surface area contributed by atoms with Crippen molar-refractivity contribution in [2.75, 3.05) is 5.75 Å². The molecule has 0 spiro atoms. The molecule has 4 heteroatoms. The highest BCUT2D eigenvalue weighted by Gasteiger charge is 2.24. The van der Waals surface area contributed by atoms with Gasteiger partial charge in [0.05, 0.1) is 0 Å². The number of hydrogen-bond donors (Lipinski definition) is 1. The molecule has 74 valence electrons. The minimum absolute atomic E-state index is 0.0946. The third-order valence-corrected chi connectivity index (χ3v) is 3.60. The molecule has 0 atom stereocenters. The third-order valence-electron chi connectivity index (χ3n) is 2.42. The van der Waals surface area contributed by atoms with Gasteiger partial charge in [0.15, 0.2) is 5.78 Å². The van der Waals surface area contributed by atoms with Crippen LogP contribution < -0.4 is 0 Å². The zero-order valence-corrected chi connectivity index (χ0v) is 8.39. The van der Waals surface area contributed by atoms with Crippen molar-refractivity contribution in [2.45, 2.75) is 19.3 Å². The summed E-state index contributed by atoms with van der Waals surface area (Å²) < 4.78 is 0. The Balaban J connectivity index is 2.36. The van der Waals surface area contributed by atoms with Gasteiger partial charge in [-0.1, -0.05) is 0 Å². The van der Waals surface area contributed by atoms with Crippen LogP contribution in [0.3, 0.4) is 0 Å². The van der Waals surface area contributed by atoms with Gasteiger partial charge >= 0.3 is 5.97 Å². The number of carbonyl (C=O) groups is 2. The third kappa shape index (κ3) is 1.62. The van der Waals surface area contributed by atoms with Crippen LogP contribution in [-0.2, 0) is 9.59 Å². The average molecular weight is 210 g/mol. The van der Waals surface area contributed by atoms with E-state index in [4.69, 9.17) is 5.11 Å². The molecule has 0 fully saturated rings.